The third-order valence-electron chi connectivity index (χ3n) is 5.87. The Morgan fingerprint density at radius 1 is 1.14 bits per heavy atom. The van der Waals surface area contributed by atoms with Crippen LogP contribution < -0.4 is 5.32 Å². The number of hydrogen-bond acceptors (Lipinski definition) is 4. The van der Waals surface area contributed by atoms with E-state index in [0.29, 0.717) is 17.4 Å². The van der Waals surface area contributed by atoms with Crippen LogP contribution in [0.5, 0.6) is 0 Å². The molecule has 4 rings (SSSR count). The second-order valence-electron chi connectivity index (χ2n) is 7.96. The molecule has 152 valence electrons. The number of aliphatic carboxylic acids is 1. The van der Waals surface area contributed by atoms with Gasteiger partial charge in [-0.1, -0.05) is 55.5 Å². The van der Waals surface area contributed by atoms with Gasteiger partial charge in [0.05, 0.1) is 12.0 Å². The molecule has 1 aliphatic heterocycles. The molecule has 1 fully saturated rings. The molecule has 0 radical (unpaired) electrons. The molecule has 2 unspecified atom stereocenters. The van der Waals surface area contributed by atoms with Gasteiger partial charge in [0.25, 0.3) is 0 Å². The Labute approximate surface area is 174 Å². The van der Waals surface area contributed by atoms with Crippen molar-refractivity contribution in [1.82, 2.24) is 5.32 Å². The first-order valence-electron chi connectivity index (χ1n) is 9.94. The van der Waals surface area contributed by atoms with E-state index in [1.807, 2.05) is 24.3 Å². The van der Waals surface area contributed by atoms with E-state index in [9.17, 15) is 14.7 Å². The van der Waals surface area contributed by atoms with Crippen molar-refractivity contribution in [3.8, 4) is 11.1 Å². The Morgan fingerprint density at radius 3 is 2.31 bits per heavy atom. The SMILES string of the molecule is CC1CCC(CC(=O)O)(NC(=O)OCC2c3ccccc3-c3ccccc32)CS1. The van der Waals surface area contributed by atoms with Crippen molar-refractivity contribution in [2.45, 2.75) is 42.9 Å². The van der Waals surface area contributed by atoms with Crippen LogP contribution >= 0.6 is 11.8 Å². The summed E-state index contributed by atoms with van der Waals surface area (Å²) in [4.78, 5) is 24.0. The number of thioether (sulfide) groups is 1. The molecule has 1 saturated heterocycles. The number of ether oxygens (including phenoxy) is 1. The van der Waals surface area contributed by atoms with Crippen LogP contribution in [-0.4, -0.2) is 40.3 Å². The maximum absolute atomic E-state index is 12.6. The average molecular weight is 412 g/mol. The molecular weight excluding hydrogens is 386 g/mol. The van der Waals surface area contributed by atoms with E-state index in [-0.39, 0.29) is 18.9 Å². The minimum Gasteiger partial charge on any atom is -0.481 e. The number of nitrogens with one attached hydrogen (secondary N) is 1. The summed E-state index contributed by atoms with van der Waals surface area (Å²) in [6.45, 7) is 2.36. The summed E-state index contributed by atoms with van der Waals surface area (Å²) in [5.41, 5.74) is 3.92. The lowest BCUT2D eigenvalue weighted by atomic mass is 9.90. The van der Waals surface area contributed by atoms with Crippen LogP contribution in [0.15, 0.2) is 48.5 Å². The Kier molecular flexibility index (Phi) is 5.54. The van der Waals surface area contributed by atoms with Gasteiger partial charge in [0.2, 0.25) is 0 Å². The van der Waals surface area contributed by atoms with E-state index in [4.69, 9.17) is 4.74 Å². The molecule has 2 aliphatic rings. The number of fused-ring (bicyclic) bond motifs is 3. The zero-order valence-electron chi connectivity index (χ0n) is 16.4. The maximum atomic E-state index is 12.6. The van der Waals surface area contributed by atoms with Crippen LogP contribution in [0, 0.1) is 0 Å². The zero-order chi connectivity index (χ0) is 20.4. The second kappa shape index (κ2) is 8.11. The van der Waals surface area contributed by atoms with Crippen LogP contribution in [-0.2, 0) is 9.53 Å². The number of carboxylic acid groups (broad SMARTS) is 1. The standard InChI is InChI=1S/C23H25NO4S/c1-15-10-11-23(14-29-15,12-21(25)26)24-22(27)28-13-20-18-8-4-2-6-16(18)17-7-3-5-9-19(17)20/h2-9,15,20H,10-14H2,1H3,(H,24,27)(H,25,26). The molecular formula is C23H25NO4S. The van der Waals surface area contributed by atoms with Gasteiger partial charge >= 0.3 is 12.1 Å². The maximum Gasteiger partial charge on any atom is 0.407 e. The van der Waals surface area contributed by atoms with Gasteiger partial charge in [-0.3, -0.25) is 4.79 Å². The van der Waals surface area contributed by atoms with E-state index in [1.165, 1.54) is 11.1 Å². The molecule has 0 aromatic heterocycles. The molecule has 1 aliphatic carbocycles. The summed E-state index contributed by atoms with van der Waals surface area (Å²) in [6.07, 6.45) is 0.902. The first-order chi connectivity index (χ1) is 14.0. The summed E-state index contributed by atoms with van der Waals surface area (Å²) >= 11 is 1.70. The number of hydrogen-bond donors (Lipinski definition) is 2. The Hall–Kier alpha value is -2.47. The van der Waals surface area contributed by atoms with Crippen LogP contribution in [0.2, 0.25) is 0 Å². The van der Waals surface area contributed by atoms with Gasteiger partial charge in [-0.25, -0.2) is 4.79 Å². The zero-order valence-corrected chi connectivity index (χ0v) is 17.2. The molecule has 1 amide bonds. The van der Waals surface area contributed by atoms with Crippen LogP contribution in [0.25, 0.3) is 11.1 Å². The average Bonchev–Trinajstić information content (AvgIpc) is 3.02. The predicted molar refractivity (Wildman–Crippen MR) is 114 cm³/mol. The molecule has 2 N–H and O–H groups in total. The van der Waals surface area contributed by atoms with Gasteiger partial charge in [-0.15, -0.1) is 0 Å². The second-order valence-corrected chi connectivity index (χ2v) is 9.39. The number of rotatable bonds is 5. The summed E-state index contributed by atoms with van der Waals surface area (Å²) in [5.74, 6) is -0.326. The third-order valence-corrected chi connectivity index (χ3v) is 7.40. The first kappa shape index (κ1) is 19.8. The van der Waals surface area contributed by atoms with Crippen LogP contribution in [0.4, 0.5) is 4.79 Å². The summed E-state index contributed by atoms with van der Waals surface area (Å²) in [7, 11) is 0. The Morgan fingerprint density at radius 2 is 1.76 bits per heavy atom. The number of carbonyl (C=O) groups is 2. The first-order valence-corrected chi connectivity index (χ1v) is 11.0. The normalized spacial score (nSPS) is 23.1. The lowest BCUT2D eigenvalue weighted by Gasteiger charge is -2.38. The molecule has 29 heavy (non-hydrogen) atoms. The molecule has 2 aromatic rings. The molecule has 1 heterocycles. The van der Waals surface area contributed by atoms with E-state index < -0.39 is 17.6 Å². The minimum absolute atomic E-state index is 0.00988. The monoisotopic (exact) mass is 411 g/mol. The number of alkyl carbamates (subject to hydrolysis) is 1. The summed E-state index contributed by atoms with van der Waals surface area (Å²) < 4.78 is 5.62. The highest BCUT2D eigenvalue weighted by Crippen LogP contribution is 2.44. The number of carboxylic acids is 1. The smallest absolute Gasteiger partial charge is 0.407 e. The molecule has 2 aromatic carbocycles. The van der Waals surface area contributed by atoms with Crippen molar-refractivity contribution in [3.05, 3.63) is 59.7 Å². The lowest BCUT2D eigenvalue weighted by molar-refractivity contribution is -0.138. The highest BCUT2D eigenvalue weighted by Gasteiger charge is 2.39. The lowest BCUT2D eigenvalue weighted by Crippen LogP contribution is -2.54. The Bertz CT molecular complexity index is 875. The minimum atomic E-state index is -0.904. The molecule has 0 saturated carbocycles. The summed E-state index contributed by atoms with van der Waals surface area (Å²) in [5, 5.41) is 12.7. The highest BCUT2D eigenvalue weighted by molar-refractivity contribution is 8.00. The fourth-order valence-electron chi connectivity index (χ4n) is 4.36. The van der Waals surface area contributed by atoms with Crippen molar-refractivity contribution in [1.29, 1.82) is 0 Å². The number of benzene rings is 2. The highest BCUT2D eigenvalue weighted by atomic mass is 32.2. The molecule has 5 nitrogen and oxygen atoms in total. The predicted octanol–water partition coefficient (Wildman–Crippen LogP) is 4.65. The van der Waals surface area contributed by atoms with E-state index in [2.05, 4.69) is 36.5 Å². The molecule has 2 atom stereocenters. The van der Waals surface area contributed by atoms with Crippen LogP contribution in [0.1, 0.15) is 43.2 Å². The quantitative estimate of drug-likeness (QED) is 0.749. The third kappa shape index (κ3) is 4.13. The Balaban J connectivity index is 1.46. The van der Waals surface area contributed by atoms with E-state index >= 15 is 0 Å². The number of amides is 1. The fourth-order valence-corrected chi connectivity index (χ4v) is 5.57. The van der Waals surface area contributed by atoms with Crippen LogP contribution in [0.3, 0.4) is 0 Å². The van der Waals surface area contributed by atoms with Gasteiger partial charge in [-0.2, -0.15) is 11.8 Å². The fraction of sp³-hybridized carbons (Fsp3) is 0.391. The van der Waals surface area contributed by atoms with Gasteiger partial charge < -0.3 is 15.2 Å². The van der Waals surface area contributed by atoms with Gasteiger partial charge in [0.1, 0.15) is 6.61 Å². The van der Waals surface area contributed by atoms with Gasteiger partial charge in [0, 0.05) is 16.9 Å². The van der Waals surface area contributed by atoms with Crippen molar-refractivity contribution < 1.29 is 19.4 Å². The van der Waals surface area contributed by atoms with Gasteiger partial charge in [0.15, 0.2) is 0 Å². The van der Waals surface area contributed by atoms with Gasteiger partial charge in [-0.05, 0) is 35.1 Å². The number of carbonyl (C=O) groups excluding carboxylic acids is 1. The topological polar surface area (TPSA) is 75.6 Å². The largest absolute Gasteiger partial charge is 0.481 e. The van der Waals surface area contributed by atoms with Crippen molar-refractivity contribution >= 4 is 23.8 Å². The van der Waals surface area contributed by atoms with Crippen molar-refractivity contribution in [2.24, 2.45) is 0 Å². The summed E-state index contributed by atoms with van der Waals surface area (Å²) in [6, 6.07) is 16.4. The molecule has 6 heteroatoms. The van der Waals surface area contributed by atoms with Crippen molar-refractivity contribution in [3.63, 3.8) is 0 Å². The van der Waals surface area contributed by atoms with Crippen molar-refractivity contribution in [2.75, 3.05) is 12.4 Å². The van der Waals surface area contributed by atoms with E-state index in [1.54, 1.807) is 11.8 Å². The molecule has 0 spiro atoms. The van der Waals surface area contributed by atoms with E-state index in [0.717, 1.165) is 17.5 Å². The molecule has 0 bridgehead atoms.